The zero-order valence-corrected chi connectivity index (χ0v) is 7.90. The lowest BCUT2D eigenvalue weighted by molar-refractivity contribution is -0.133. The molecule has 70 valence electrons. The van der Waals surface area contributed by atoms with E-state index in [-0.39, 0.29) is 23.9 Å². The highest BCUT2D eigenvalue weighted by Crippen LogP contribution is 2.22. The Kier molecular flexibility index (Phi) is 1.96. The van der Waals surface area contributed by atoms with Crippen LogP contribution in [0.2, 0.25) is 0 Å². The van der Waals surface area contributed by atoms with Crippen molar-refractivity contribution in [2.45, 2.75) is 25.9 Å². The summed E-state index contributed by atoms with van der Waals surface area (Å²) in [6.45, 7) is 4.02. The van der Waals surface area contributed by atoms with Crippen LogP contribution in [0, 0.1) is 5.92 Å². The summed E-state index contributed by atoms with van der Waals surface area (Å²) >= 11 is 0. The Morgan fingerprint density at radius 3 is 2.69 bits per heavy atom. The summed E-state index contributed by atoms with van der Waals surface area (Å²) in [4.78, 5) is 11.8. The quantitative estimate of drug-likeness (QED) is 0.645. The average Bonchev–Trinajstić information content (AvgIpc) is 2.45. The molecule has 2 unspecified atom stereocenters. The topological polar surface area (TPSA) is 32.3 Å². The first kappa shape index (κ1) is 8.51. The molecule has 2 rings (SSSR count). The zero-order valence-electron chi connectivity index (χ0n) is 7.90. The molecular formula is C10H14N2O. The fraction of sp³-hybridized carbons (Fsp3) is 0.500. The van der Waals surface area contributed by atoms with Crippen molar-refractivity contribution in [2.75, 3.05) is 0 Å². The molecule has 1 saturated heterocycles. The van der Waals surface area contributed by atoms with Gasteiger partial charge < -0.3 is 0 Å². The van der Waals surface area contributed by atoms with Crippen LogP contribution in [0.1, 0.15) is 13.8 Å². The van der Waals surface area contributed by atoms with Crippen LogP contribution in [0.25, 0.3) is 0 Å². The van der Waals surface area contributed by atoms with Crippen LogP contribution >= 0.6 is 0 Å². The predicted molar refractivity (Wildman–Crippen MR) is 50.7 cm³/mol. The average molecular weight is 178 g/mol. The second-order valence-electron chi connectivity index (χ2n) is 3.75. The number of hydrogen-bond acceptors (Lipinski definition) is 2. The van der Waals surface area contributed by atoms with Gasteiger partial charge in [-0.3, -0.25) is 9.80 Å². The highest BCUT2D eigenvalue weighted by atomic mass is 16.2. The number of fused-ring (bicyclic) bond motifs is 1. The van der Waals surface area contributed by atoms with E-state index >= 15 is 0 Å². The number of amides is 1. The molecule has 0 aromatic heterocycles. The Bertz CT molecular complexity index is 281. The van der Waals surface area contributed by atoms with E-state index < -0.39 is 0 Å². The molecular weight excluding hydrogens is 164 g/mol. The van der Waals surface area contributed by atoms with Gasteiger partial charge in [-0.1, -0.05) is 24.3 Å². The molecule has 1 heterocycles. The molecule has 1 fully saturated rings. The van der Waals surface area contributed by atoms with Crippen LogP contribution in [0.15, 0.2) is 24.3 Å². The summed E-state index contributed by atoms with van der Waals surface area (Å²) in [6, 6.07) is 0.389. The van der Waals surface area contributed by atoms with Crippen molar-refractivity contribution in [3.63, 3.8) is 0 Å². The summed E-state index contributed by atoms with van der Waals surface area (Å²) in [5.74, 6) is 0.188. The second kappa shape index (κ2) is 3.00. The monoisotopic (exact) mass is 178 g/mol. The molecule has 0 aromatic carbocycles. The SMILES string of the molecule is CC(C)N1NC2C=CC=CC2C1=O. The fourth-order valence-corrected chi connectivity index (χ4v) is 1.75. The molecule has 3 heteroatoms. The van der Waals surface area contributed by atoms with Crippen molar-refractivity contribution in [3.05, 3.63) is 24.3 Å². The molecule has 0 radical (unpaired) electrons. The van der Waals surface area contributed by atoms with E-state index in [0.29, 0.717) is 0 Å². The van der Waals surface area contributed by atoms with Gasteiger partial charge in [-0.15, -0.1) is 0 Å². The lowest BCUT2D eigenvalue weighted by Gasteiger charge is -2.20. The minimum Gasteiger partial charge on any atom is -0.274 e. The molecule has 1 N–H and O–H groups in total. The number of nitrogens with zero attached hydrogens (tertiary/aromatic N) is 1. The van der Waals surface area contributed by atoms with E-state index in [1.807, 2.05) is 38.2 Å². The van der Waals surface area contributed by atoms with Gasteiger partial charge in [0.05, 0.1) is 12.0 Å². The van der Waals surface area contributed by atoms with Crippen LogP contribution < -0.4 is 5.43 Å². The molecule has 1 aliphatic heterocycles. The van der Waals surface area contributed by atoms with Gasteiger partial charge in [-0.2, -0.15) is 0 Å². The van der Waals surface area contributed by atoms with Crippen molar-refractivity contribution in [3.8, 4) is 0 Å². The van der Waals surface area contributed by atoms with Gasteiger partial charge >= 0.3 is 0 Å². The van der Waals surface area contributed by atoms with E-state index in [1.54, 1.807) is 5.01 Å². The summed E-state index contributed by atoms with van der Waals surface area (Å²) in [5, 5.41) is 1.72. The van der Waals surface area contributed by atoms with Gasteiger partial charge in [0.25, 0.3) is 0 Å². The number of hydrazine groups is 1. The van der Waals surface area contributed by atoms with Gasteiger partial charge in [0, 0.05) is 6.04 Å². The Hall–Kier alpha value is -1.09. The number of carbonyl (C=O) groups is 1. The maximum Gasteiger partial charge on any atom is 0.245 e. The Morgan fingerprint density at radius 2 is 2.08 bits per heavy atom. The molecule has 2 atom stereocenters. The summed E-state index contributed by atoms with van der Waals surface area (Å²) in [6.07, 6.45) is 7.91. The van der Waals surface area contributed by atoms with Crippen LogP contribution in [0.5, 0.6) is 0 Å². The fourth-order valence-electron chi connectivity index (χ4n) is 1.75. The molecule has 0 saturated carbocycles. The number of rotatable bonds is 1. The van der Waals surface area contributed by atoms with E-state index in [2.05, 4.69) is 5.43 Å². The van der Waals surface area contributed by atoms with E-state index in [4.69, 9.17) is 0 Å². The third-order valence-electron chi connectivity index (χ3n) is 2.46. The number of nitrogens with one attached hydrogen (secondary N) is 1. The van der Waals surface area contributed by atoms with Crippen LogP contribution in [-0.2, 0) is 4.79 Å². The van der Waals surface area contributed by atoms with Crippen LogP contribution in [0.4, 0.5) is 0 Å². The molecule has 0 bridgehead atoms. The second-order valence-corrected chi connectivity index (χ2v) is 3.75. The van der Waals surface area contributed by atoms with Crippen molar-refractivity contribution in [1.82, 2.24) is 10.4 Å². The predicted octanol–water partition coefficient (Wildman–Crippen LogP) is 0.852. The number of allylic oxidation sites excluding steroid dienone is 2. The molecule has 0 spiro atoms. The third-order valence-corrected chi connectivity index (χ3v) is 2.46. The van der Waals surface area contributed by atoms with Crippen LogP contribution in [-0.4, -0.2) is 23.0 Å². The van der Waals surface area contributed by atoms with Crippen molar-refractivity contribution < 1.29 is 4.79 Å². The lowest BCUT2D eigenvalue weighted by Crippen LogP contribution is -2.41. The Labute approximate surface area is 78.1 Å². The maximum absolute atomic E-state index is 11.8. The highest BCUT2D eigenvalue weighted by molar-refractivity contribution is 5.84. The number of hydrogen-bond donors (Lipinski definition) is 1. The molecule has 3 nitrogen and oxygen atoms in total. The van der Waals surface area contributed by atoms with Gasteiger partial charge in [0.1, 0.15) is 0 Å². The minimum absolute atomic E-state index is 0.00685. The first-order valence-corrected chi connectivity index (χ1v) is 4.64. The van der Waals surface area contributed by atoms with Gasteiger partial charge in [0.2, 0.25) is 5.91 Å². The molecule has 0 aromatic rings. The van der Waals surface area contributed by atoms with Crippen molar-refractivity contribution in [2.24, 2.45) is 5.92 Å². The summed E-state index contributed by atoms with van der Waals surface area (Å²) < 4.78 is 0. The van der Waals surface area contributed by atoms with Crippen molar-refractivity contribution >= 4 is 5.91 Å². The molecule has 1 amide bonds. The lowest BCUT2D eigenvalue weighted by atomic mass is 9.97. The van der Waals surface area contributed by atoms with Gasteiger partial charge in [-0.05, 0) is 13.8 Å². The van der Waals surface area contributed by atoms with E-state index in [1.165, 1.54) is 0 Å². The zero-order chi connectivity index (χ0) is 9.42. The molecule has 1 aliphatic carbocycles. The smallest absolute Gasteiger partial charge is 0.245 e. The highest BCUT2D eigenvalue weighted by Gasteiger charge is 2.38. The maximum atomic E-state index is 11.8. The molecule has 13 heavy (non-hydrogen) atoms. The van der Waals surface area contributed by atoms with E-state index in [9.17, 15) is 4.79 Å². The third kappa shape index (κ3) is 1.29. The summed E-state index contributed by atoms with van der Waals surface area (Å²) in [5.41, 5.74) is 3.19. The molecule has 2 aliphatic rings. The van der Waals surface area contributed by atoms with E-state index in [0.717, 1.165) is 0 Å². The Morgan fingerprint density at radius 1 is 1.38 bits per heavy atom. The van der Waals surface area contributed by atoms with Gasteiger partial charge in [0.15, 0.2) is 0 Å². The minimum atomic E-state index is 0.00685. The normalized spacial score (nSPS) is 31.6. The number of carbonyl (C=O) groups excluding carboxylic acids is 1. The largest absolute Gasteiger partial charge is 0.274 e. The first-order valence-electron chi connectivity index (χ1n) is 4.64. The Balaban J connectivity index is 2.20. The standard InChI is InChI=1S/C10H14N2O/c1-7(2)12-10(13)8-5-3-4-6-9(8)11-12/h3-9,11H,1-2H3. The summed E-state index contributed by atoms with van der Waals surface area (Å²) in [7, 11) is 0. The van der Waals surface area contributed by atoms with Crippen molar-refractivity contribution in [1.29, 1.82) is 0 Å². The first-order chi connectivity index (χ1) is 6.20. The van der Waals surface area contributed by atoms with Gasteiger partial charge in [-0.25, -0.2) is 5.43 Å². The van der Waals surface area contributed by atoms with Crippen LogP contribution in [0.3, 0.4) is 0 Å².